The number of halogens is 1. The lowest BCUT2D eigenvalue weighted by Gasteiger charge is -2.02. The highest BCUT2D eigenvalue weighted by Crippen LogP contribution is 2.09. The van der Waals surface area contributed by atoms with E-state index >= 15 is 0 Å². The first-order chi connectivity index (χ1) is 6.80. The van der Waals surface area contributed by atoms with Crippen molar-refractivity contribution in [1.82, 2.24) is 0 Å². The first-order valence-corrected chi connectivity index (χ1v) is 4.27. The normalized spacial score (nSPS) is 11.1. The minimum Gasteiger partial charge on any atom is -0.327 e. The fourth-order valence-corrected chi connectivity index (χ4v) is 1.17. The molecule has 2 nitrogen and oxygen atoms in total. The van der Waals surface area contributed by atoms with E-state index in [1.54, 1.807) is 18.2 Å². The monoisotopic (exact) mass is 190 g/mol. The van der Waals surface area contributed by atoms with Crippen LogP contribution in [0.15, 0.2) is 36.2 Å². The average molecular weight is 190 g/mol. The zero-order valence-electron chi connectivity index (χ0n) is 7.70. The molecule has 0 aromatic heterocycles. The molecule has 72 valence electrons. The van der Waals surface area contributed by atoms with Gasteiger partial charge in [0.2, 0.25) is 0 Å². The van der Waals surface area contributed by atoms with Crippen molar-refractivity contribution in [2.75, 3.05) is 6.54 Å². The van der Waals surface area contributed by atoms with Crippen LogP contribution in [-0.4, -0.2) is 6.54 Å². The predicted molar refractivity (Wildman–Crippen MR) is 53.1 cm³/mol. The molecule has 1 aromatic carbocycles. The van der Waals surface area contributed by atoms with E-state index in [-0.39, 0.29) is 6.54 Å². The van der Waals surface area contributed by atoms with Crippen molar-refractivity contribution in [3.8, 4) is 6.07 Å². The molecule has 14 heavy (non-hydrogen) atoms. The molecule has 0 unspecified atom stereocenters. The van der Waals surface area contributed by atoms with Gasteiger partial charge in [-0.05, 0) is 29.7 Å². The van der Waals surface area contributed by atoms with E-state index in [9.17, 15) is 4.39 Å². The molecule has 0 saturated carbocycles. The second-order valence-electron chi connectivity index (χ2n) is 2.96. The third-order valence-corrected chi connectivity index (χ3v) is 1.90. The summed E-state index contributed by atoms with van der Waals surface area (Å²) in [5, 5.41) is 8.65. The Morgan fingerprint density at radius 3 is 2.93 bits per heavy atom. The van der Waals surface area contributed by atoms with Crippen LogP contribution in [0.5, 0.6) is 0 Å². The topological polar surface area (TPSA) is 49.8 Å². The Labute approximate surface area is 82.5 Å². The summed E-state index contributed by atoms with van der Waals surface area (Å²) in [6, 6.07) is 9.11. The fourth-order valence-electron chi connectivity index (χ4n) is 1.17. The van der Waals surface area contributed by atoms with E-state index in [0.717, 1.165) is 5.56 Å². The van der Waals surface area contributed by atoms with Crippen molar-refractivity contribution in [3.63, 3.8) is 0 Å². The molecular weight excluding hydrogens is 179 g/mol. The van der Waals surface area contributed by atoms with Gasteiger partial charge < -0.3 is 5.73 Å². The van der Waals surface area contributed by atoms with Gasteiger partial charge in [-0.1, -0.05) is 12.1 Å². The van der Waals surface area contributed by atoms with Crippen LogP contribution >= 0.6 is 0 Å². The molecule has 0 saturated heterocycles. The maximum atomic E-state index is 12.2. The molecular formula is C11H11FN2. The molecule has 1 aromatic rings. The Morgan fingerprint density at radius 1 is 1.57 bits per heavy atom. The zero-order valence-corrected chi connectivity index (χ0v) is 7.70. The summed E-state index contributed by atoms with van der Waals surface area (Å²) in [7, 11) is 0. The third-order valence-electron chi connectivity index (χ3n) is 1.90. The van der Waals surface area contributed by atoms with Crippen molar-refractivity contribution < 1.29 is 4.39 Å². The number of nitriles is 1. The summed E-state index contributed by atoms with van der Waals surface area (Å²) >= 11 is 0. The molecule has 0 aliphatic carbocycles. The van der Waals surface area contributed by atoms with Crippen molar-refractivity contribution in [2.45, 2.75) is 6.42 Å². The average Bonchev–Trinajstić information content (AvgIpc) is 2.26. The number of nitrogens with zero attached hydrogens (tertiary/aromatic N) is 1. The van der Waals surface area contributed by atoms with E-state index in [2.05, 4.69) is 0 Å². The molecule has 0 aliphatic heterocycles. The maximum Gasteiger partial charge on any atom is 0.0991 e. The summed E-state index contributed by atoms with van der Waals surface area (Å²) in [5.41, 5.74) is 7.34. The second kappa shape index (κ2) is 5.15. The molecule has 0 atom stereocenters. The lowest BCUT2D eigenvalue weighted by molar-refractivity contribution is 0.699. The predicted octanol–water partition coefficient (Wildman–Crippen LogP) is 1.91. The van der Waals surface area contributed by atoms with Gasteiger partial charge in [0.05, 0.1) is 18.0 Å². The molecule has 0 fully saturated rings. The van der Waals surface area contributed by atoms with Gasteiger partial charge in [-0.2, -0.15) is 5.26 Å². The van der Waals surface area contributed by atoms with Gasteiger partial charge >= 0.3 is 0 Å². The van der Waals surface area contributed by atoms with Crippen LogP contribution in [0.2, 0.25) is 0 Å². The minimum atomic E-state index is 0.202. The lowest BCUT2D eigenvalue weighted by Crippen LogP contribution is -2.05. The van der Waals surface area contributed by atoms with Crippen LogP contribution in [0.3, 0.4) is 0 Å². The highest BCUT2D eigenvalue weighted by Gasteiger charge is 1.99. The number of nitrogens with two attached hydrogens (primary N) is 1. The Morgan fingerprint density at radius 2 is 2.36 bits per heavy atom. The smallest absolute Gasteiger partial charge is 0.0991 e. The molecule has 2 N–H and O–H groups in total. The molecule has 0 aliphatic rings. The van der Waals surface area contributed by atoms with Gasteiger partial charge in [0, 0.05) is 6.54 Å². The lowest BCUT2D eigenvalue weighted by atomic mass is 10.0. The minimum absolute atomic E-state index is 0.202. The van der Waals surface area contributed by atoms with Crippen LogP contribution in [0.25, 0.3) is 0 Å². The Balaban J connectivity index is 2.82. The van der Waals surface area contributed by atoms with E-state index in [4.69, 9.17) is 11.0 Å². The summed E-state index contributed by atoms with van der Waals surface area (Å²) in [4.78, 5) is 0. The fraction of sp³-hybridized carbons (Fsp3) is 0.182. The number of hydrogen-bond acceptors (Lipinski definition) is 2. The van der Waals surface area contributed by atoms with Crippen molar-refractivity contribution >= 4 is 0 Å². The maximum absolute atomic E-state index is 12.2. The van der Waals surface area contributed by atoms with E-state index < -0.39 is 0 Å². The Kier molecular flexibility index (Phi) is 3.84. The first-order valence-electron chi connectivity index (χ1n) is 4.27. The summed E-state index contributed by atoms with van der Waals surface area (Å²) < 4.78 is 12.2. The van der Waals surface area contributed by atoms with Gasteiger partial charge in [0.1, 0.15) is 0 Å². The van der Waals surface area contributed by atoms with Gasteiger partial charge in [0.25, 0.3) is 0 Å². The molecule has 1 rings (SSSR count). The molecule has 0 amide bonds. The third kappa shape index (κ3) is 2.68. The van der Waals surface area contributed by atoms with Gasteiger partial charge in [-0.25, -0.2) is 4.39 Å². The van der Waals surface area contributed by atoms with E-state index in [1.165, 1.54) is 0 Å². The van der Waals surface area contributed by atoms with Gasteiger partial charge in [-0.3, -0.25) is 0 Å². The highest BCUT2D eigenvalue weighted by molar-refractivity contribution is 5.34. The standard InChI is InChI=1S/C11H11FN2/c12-6-11(8-14)5-9-2-1-3-10(4-9)7-13/h1-4,6H,5,8,14H2. The molecule has 0 radical (unpaired) electrons. The summed E-state index contributed by atoms with van der Waals surface area (Å²) in [6.07, 6.45) is 0.988. The highest BCUT2D eigenvalue weighted by atomic mass is 19.1. The summed E-state index contributed by atoms with van der Waals surface area (Å²) in [6.45, 7) is 0.202. The van der Waals surface area contributed by atoms with Crippen molar-refractivity contribution in [1.29, 1.82) is 5.26 Å². The van der Waals surface area contributed by atoms with Crippen molar-refractivity contribution in [3.05, 3.63) is 47.3 Å². The van der Waals surface area contributed by atoms with Gasteiger partial charge in [-0.15, -0.1) is 0 Å². The van der Waals surface area contributed by atoms with Crippen LogP contribution in [0.1, 0.15) is 11.1 Å². The Bertz CT molecular complexity index is 377. The first kappa shape index (κ1) is 10.4. The quantitative estimate of drug-likeness (QED) is 0.791. The van der Waals surface area contributed by atoms with Crippen LogP contribution < -0.4 is 5.73 Å². The SMILES string of the molecule is N#Cc1cccc(CC(=CF)CN)c1. The zero-order chi connectivity index (χ0) is 10.4. The molecule has 3 heteroatoms. The van der Waals surface area contributed by atoms with Crippen LogP contribution in [-0.2, 0) is 6.42 Å². The number of benzene rings is 1. The van der Waals surface area contributed by atoms with E-state index in [1.807, 2.05) is 12.1 Å². The molecule has 0 spiro atoms. The number of hydrogen-bond donors (Lipinski definition) is 1. The van der Waals surface area contributed by atoms with Crippen LogP contribution in [0, 0.1) is 11.3 Å². The summed E-state index contributed by atoms with van der Waals surface area (Å²) in [5.74, 6) is 0. The largest absolute Gasteiger partial charge is 0.327 e. The van der Waals surface area contributed by atoms with Crippen LogP contribution in [0.4, 0.5) is 4.39 Å². The second-order valence-corrected chi connectivity index (χ2v) is 2.96. The molecule has 0 heterocycles. The number of rotatable bonds is 3. The van der Waals surface area contributed by atoms with Gasteiger partial charge in [0.15, 0.2) is 0 Å². The van der Waals surface area contributed by atoms with E-state index in [0.29, 0.717) is 23.9 Å². The van der Waals surface area contributed by atoms with Crippen molar-refractivity contribution in [2.24, 2.45) is 5.73 Å². The molecule has 0 bridgehead atoms. The Hall–Kier alpha value is -1.66.